The molecule has 3 heteroatoms. The Balaban J connectivity index is 1.63. The van der Waals surface area contributed by atoms with Crippen LogP contribution in [0.4, 0.5) is 0 Å². The molecule has 0 aromatic heterocycles. The van der Waals surface area contributed by atoms with Gasteiger partial charge in [-0.25, -0.2) is 0 Å². The van der Waals surface area contributed by atoms with E-state index >= 15 is 0 Å². The third-order valence-electron chi connectivity index (χ3n) is 9.11. The second-order valence-corrected chi connectivity index (χ2v) is 17.4. The molecule has 1 aliphatic rings. The molecule has 0 saturated heterocycles. The van der Waals surface area contributed by atoms with Crippen molar-refractivity contribution in [1.29, 1.82) is 0 Å². The van der Waals surface area contributed by atoms with E-state index in [0.717, 1.165) is 0 Å². The SMILES string of the molecule is Cl[C@H]1C=c2ccccc2=C(c2cccc3ccccc23)C1(P(c1ccccc1)c1ccccc1)P(c1ccccc1)c1ccccc1. The van der Waals surface area contributed by atoms with Crippen LogP contribution in [0.3, 0.4) is 0 Å². The summed E-state index contributed by atoms with van der Waals surface area (Å²) >= 11 is 8.21. The summed E-state index contributed by atoms with van der Waals surface area (Å²) in [5.74, 6) is 0. The molecule has 0 N–H and O–H groups in total. The first-order valence-electron chi connectivity index (χ1n) is 16.0. The summed E-state index contributed by atoms with van der Waals surface area (Å²) < 4.78 is 0. The van der Waals surface area contributed by atoms with Crippen molar-refractivity contribution in [3.63, 3.8) is 0 Å². The molecule has 0 aliphatic heterocycles. The number of hydrogen-bond acceptors (Lipinski definition) is 0. The number of halogens is 1. The topological polar surface area (TPSA) is 0 Å². The van der Waals surface area contributed by atoms with Crippen LogP contribution in [-0.2, 0) is 0 Å². The summed E-state index contributed by atoms with van der Waals surface area (Å²) in [6.45, 7) is 0. The maximum absolute atomic E-state index is 8.21. The van der Waals surface area contributed by atoms with E-state index in [1.165, 1.54) is 53.6 Å². The minimum Gasteiger partial charge on any atom is -0.117 e. The highest BCUT2D eigenvalue weighted by molar-refractivity contribution is 7.92. The van der Waals surface area contributed by atoms with Gasteiger partial charge >= 0.3 is 0 Å². The third kappa shape index (κ3) is 5.26. The molecule has 0 unspecified atom stereocenters. The van der Waals surface area contributed by atoms with Crippen molar-refractivity contribution in [2.24, 2.45) is 0 Å². The van der Waals surface area contributed by atoms with E-state index in [9.17, 15) is 0 Å². The lowest BCUT2D eigenvalue weighted by molar-refractivity contribution is 1.02. The normalized spacial score (nSPS) is 15.4. The summed E-state index contributed by atoms with van der Waals surface area (Å²) in [5, 5.41) is 9.92. The van der Waals surface area contributed by atoms with E-state index < -0.39 is 20.7 Å². The summed E-state index contributed by atoms with van der Waals surface area (Å²) in [4.78, 5) is -0.546. The van der Waals surface area contributed by atoms with Gasteiger partial charge in [-0.3, -0.25) is 0 Å². The molecule has 0 bridgehead atoms. The van der Waals surface area contributed by atoms with Gasteiger partial charge in [0.1, 0.15) is 0 Å². The van der Waals surface area contributed by atoms with Gasteiger partial charge in [-0.05, 0) is 69.4 Å². The van der Waals surface area contributed by atoms with Crippen LogP contribution in [0, 0.1) is 0 Å². The summed E-state index contributed by atoms with van der Waals surface area (Å²) in [6.07, 6.45) is 2.36. The standard InChI is InChI=1S/C44H33ClP2/c45-42-32-34-19-14-16-30-40(34)43(41-31-17-20-33-18-13-15-29-39(33)41)44(42,46(35-21-5-1-6-22-35)36-23-7-2-8-24-36)47(37-25-9-3-10-26-37)38-27-11-4-12-28-38/h1-32,42H/t42-/m0/s1. The highest BCUT2D eigenvalue weighted by Crippen LogP contribution is 2.72. The van der Waals surface area contributed by atoms with Crippen molar-refractivity contribution in [2.75, 3.05) is 0 Å². The smallest absolute Gasteiger partial charge is 0.0725 e. The molecule has 1 aliphatic carbocycles. The van der Waals surface area contributed by atoms with Crippen LogP contribution in [0.15, 0.2) is 188 Å². The Bertz CT molecular complexity index is 2100. The average Bonchev–Trinajstić information content (AvgIpc) is 3.14. The average molecular weight is 659 g/mol. The number of alkyl halides is 1. The molecule has 0 saturated carbocycles. The molecule has 7 aromatic rings. The van der Waals surface area contributed by atoms with Crippen molar-refractivity contribution in [3.8, 4) is 0 Å². The molecule has 47 heavy (non-hydrogen) atoms. The largest absolute Gasteiger partial charge is 0.117 e. The van der Waals surface area contributed by atoms with Gasteiger partial charge in [0.25, 0.3) is 0 Å². The maximum atomic E-state index is 8.21. The van der Waals surface area contributed by atoms with Crippen LogP contribution >= 0.6 is 27.4 Å². The number of benzene rings is 7. The molecule has 0 heterocycles. The van der Waals surface area contributed by atoms with Crippen LogP contribution < -0.4 is 31.7 Å². The quantitative estimate of drug-likeness (QED) is 0.119. The van der Waals surface area contributed by atoms with Gasteiger partial charge in [0.2, 0.25) is 0 Å². The highest BCUT2D eigenvalue weighted by Gasteiger charge is 2.56. The number of rotatable bonds is 7. The molecule has 0 spiro atoms. The Morgan fingerprint density at radius 1 is 0.426 bits per heavy atom. The predicted octanol–water partition coefficient (Wildman–Crippen LogP) is 8.40. The first-order chi connectivity index (χ1) is 23.3. The lowest BCUT2D eigenvalue weighted by Gasteiger charge is -2.52. The Labute approximate surface area is 284 Å². The molecule has 0 radical (unpaired) electrons. The predicted molar refractivity (Wildman–Crippen MR) is 207 cm³/mol. The molecule has 0 nitrogen and oxygen atoms in total. The molecule has 7 aromatic carbocycles. The van der Waals surface area contributed by atoms with Gasteiger partial charge in [0.15, 0.2) is 0 Å². The van der Waals surface area contributed by atoms with E-state index in [4.69, 9.17) is 11.6 Å². The zero-order chi connectivity index (χ0) is 31.6. The van der Waals surface area contributed by atoms with Crippen LogP contribution in [0.5, 0.6) is 0 Å². The van der Waals surface area contributed by atoms with Crippen molar-refractivity contribution in [3.05, 3.63) is 204 Å². The Hall–Kier alpha value is -4.31. The first kappa shape index (κ1) is 30.1. The lowest BCUT2D eigenvalue weighted by Crippen LogP contribution is -2.53. The monoisotopic (exact) mass is 658 g/mol. The van der Waals surface area contributed by atoms with Gasteiger partial charge in [0.05, 0.1) is 10.3 Å². The molecule has 8 rings (SSSR count). The lowest BCUT2D eigenvalue weighted by atomic mass is 9.89. The van der Waals surface area contributed by atoms with Gasteiger partial charge < -0.3 is 0 Å². The molecule has 0 amide bonds. The number of hydrogen-bond donors (Lipinski definition) is 0. The Morgan fingerprint density at radius 3 is 1.38 bits per heavy atom. The van der Waals surface area contributed by atoms with Crippen LogP contribution in [0.25, 0.3) is 22.4 Å². The third-order valence-corrected chi connectivity index (χ3v) is 16.7. The van der Waals surface area contributed by atoms with Gasteiger partial charge in [-0.1, -0.05) is 194 Å². The minimum absolute atomic E-state index is 0.315. The maximum Gasteiger partial charge on any atom is 0.0725 e. The van der Waals surface area contributed by atoms with E-state index in [0.29, 0.717) is 0 Å². The van der Waals surface area contributed by atoms with E-state index in [-0.39, 0.29) is 5.38 Å². The molecular formula is C44H33ClP2. The zero-order valence-electron chi connectivity index (χ0n) is 25.8. The fourth-order valence-corrected chi connectivity index (χ4v) is 15.9. The van der Waals surface area contributed by atoms with Crippen LogP contribution in [-0.4, -0.2) is 10.3 Å². The Kier molecular flexibility index (Phi) is 8.35. The van der Waals surface area contributed by atoms with E-state index in [1.54, 1.807) is 0 Å². The van der Waals surface area contributed by atoms with Crippen LogP contribution in [0.2, 0.25) is 0 Å². The molecule has 1 atom stereocenters. The fourth-order valence-electron chi connectivity index (χ4n) is 7.23. The van der Waals surface area contributed by atoms with Gasteiger partial charge in [0, 0.05) is 0 Å². The van der Waals surface area contributed by atoms with Crippen molar-refractivity contribution < 1.29 is 0 Å². The van der Waals surface area contributed by atoms with Crippen molar-refractivity contribution in [2.45, 2.75) is 10.3 Å². The van der Waals surface area contributed by atoms with E-state index in [2.05, 4.69) is 194 Å². The second kappa shape index (κ2) is 13.1. The molecule has 0 fully saturated rings. The van der Waals surface area contributed by atoms with Gasteiger partial charge in [-0.2, -0.15) is 0 Å². The molecular weight excluding hydrogens is 626 g/mol. The first-order valence-corrected chi connectivity index (χ1v) is 19.1. The number of fused-ring (bicyclic) bond motifs is 2. The minimum atomic E-state index is -1.09. The van der Waals surface area contributed by atoms with Crippen molar-refractivity contribution in [1.82, 2.24) is 0 Å². The Morgan fingerprint density at radius 2 is 0.851 bits per heavy atom. The highest BCUT2D eigenvalue weighted by atomic mass is 35.5. The second-order valence-electron chi connectivity index (χ2n) is 11.8. The summed E-state index contributed by atoms with van der Waals surface area (Å²) in [7, 11) is -2.19. The summed E-state index contributed by atoms with van der Waals surface area (Å²) in [6, 6.07) is 69.2. The fraction of sp³-hybridized carbons (Fsp3) is 0.0455. The summed E-state index contributed by atoms with van der Waals surface area (Å²) in [5.41, 5.74) is 2.60. The van der Waals surface area contributed by atoms with Crippen LogP contribution in [0.1, 0.15) is 5.56 Å². The van der Waals surface area contributed by atoms with Gasteiger partial charge in [-0.15, -0.1) is 11.6 Å². The zero-order valence-corrected chi connectivity index (χ0v) is 28.4. The van der Waals surface area contributed by atoms with E-state index in [1.807, 2.05) is 0 Å². The van der Waals surface area contributed by atoms with Crippen molar-refractivity contribution >= 4 is 71.1 Å². The molecule has 226 valence electrons.